The third-order valence-corrected chi connectivity index (χ3v) is 4.54. The summed E-state index contributed by atoms with van der Waals surface area (Å²) >= 11 is 0. The van der Waals surface area contributed by atoms with Crippen molar-refractivity contribution < 1.29 is 14.0 Å². The molecule has 1 aromatic carbocycles. The molecule has 3 aromatic rings. The smallest absolute Gasteiger partial charge is 0.290 e. The maximum atomic E-state index is 12.6. The van der Waals surface area contributed by atoms with Crippen molar-refractivity contribution in [2.75, 3.05) is 0 Å². The molecular weight excluding hydrogens is 332 g/mol. The third kappa shape index (κ3) is 2.77. The molecule has 0 unspecified atom stereocenters. The van der Waals surface area contributed by atoms with E-state index in [0.29, 0.717) is 17.0 Å². The van der Waals surface area contributed by atoms with Crippen LogP contribution in [0.2, 0.25) is 0 Å². The summed E-state index contributed by atoms with van der Waals surface area (Å²) in [7, 11) is 0. The fourth-order valence-electron chi connectivity index (χ4n) is 3.26. The average molecular weight is 350 g/mol. The second-order valence-electron chi connectivity index (χ2n) is 6.17. The zero-order chi connectivity index (χ0) is 18.1. The molecule has 0 saturated carbocycles. The van der Waals surface area contributed by atoms with Gasteiger partial charge in [0.1, 0.15) is 5.76 Å². The highest BCUT2D eigenvalue weighted by Gasteiger charge is 2.27. The Bertz CT molecular complexity index is 972. The van der Waals surface area contributed by atoms with Gasteiger partial charge >= 0.3 is 0 Å². The summed E-state index contributed by atoms with van der Waals surface area (Å²) in [5, 5.41) is 4.50. The van der Waals surface area contributed by atoms with Gasteiger partial charge in [0.2, 0.25) is 0 Å². The normalized spacial score (nSPS) is 12.7. The molecule has 0 aliphatic heterocycles. The van der Waals surface area contributed by atoms with E-state index in [0.717, 1.165) is 36.2 Å². The summed E-state index contributed by atoms with van der Waals surface area (Å²) in [6.07, 6.45) is 4.10. The first-order valence-corrected chi connectivity index (χ1v) is 8.46. The van der Waals surface area contributed by atoms with Gasteiger partial charge in [-0.05, 0) is 44.4 Å². The number of furan rings is 1. The van der Waals surface area contributed by atoms with Crippen molar-refractivity contribution in [3.63, 3.8) is 0 Å². The number of carbonyl (C=O) groups is 2. The minimum Gasteiger partial charge on any atom is -0.469 e. The number of aromatic nitrogens is 2. The monoisotopic (exact) mass is 350 g/mol. The molecule has 0 spiro atoms. The zero-order valence-electron chi connectivity index (χ0n) is 14.3. The Hall–Kier alpha value is -3.35. The summed E-state index contributed by atoms with van der Waals surface area (Å²) < 4.78 is 6.92. The van der Waals surface area contributed by atoms with E-state index >= 15 is 0 Å². The van der Waals surface area contributed by atoms with Crippen molar-refractivity contribution in [1.82, 2.24) is 20.6 Å². The SMILES string of the molecule is Cc1occc1C(=O)NNC(=O)c1nn(-c2ccccc2)c2c1CCC2. The second-order valence-corrected chi connectivity index (χ2v) is 6.17. The number of amides is 2. The Morgan fingerprint density at radius 3 is 2.58 bits per heavy atom. The molecule has 0 fully saturated rings. The molecule has 132 valence electrons. The van der Waals surface area contributed by atoms with Gasteiger partial charge in [-0.25, -0.2) is 4.68 Å². The molecular formula is C19H18N4O3. The number of carbonyl (C=O) groups excluding carboxylic acids is 2. The predicted octanol–water partition coefficient (Wildman–Crippen LogP) is 2.34. The van der Waals surface area contributed by atoms with Crippen LogP contribution in [-0.2, 0) is 12.8 Å². The predicted molar refractivity (Wildman–Crippen MR) is 94.0 cm³/mol. The summed E-state index contributed by atoms with van der Waals surface area (Å²) in [5.74, 6) is -0.359. The van der Waals surface area contributed by atoms with Gasteiger partial charge in [0.25, 0.3) is 11.8 Å². The number of nitrogens with zero attached hydrogens (tertiary/aromatic N) is 2. The lowest BCUT2D eigenvalue weighted by molar-refractivity contribution is 0.0842. The Labute approximate surface area is 150 Å². The zero-order valence-corrected chi connectivity index (χ0v) is 14.3. The van der Waals surface area contributed by atoms with Gasteiger partial charge in [-0.2, -0.15) is 5.10 Å². The summed E-state index contributed by atoms with van der Waals surface area (Å²) in [6.45, 7) is 1.69. The standard InChI is InChI=1S/C19H18N4O3/c1-12-14(10-11-26-12)18(24)20-21-19(25)17-15-8-5-9-16(15)23(22-17)13-6-3-2-4-7-13/h2-4,6-7,10-11H,5,8-9H2,1H3,(H,20,24)(H,21,25). The fraction of sp³-hybridized carbons (Fsp3) is 0.211. The lowest BCUT2D eigenvalue weighted by atomic mass is 10.2. The quantitative estimate of drug-likeness (QED) is 0.710. The first-order chi connectivity index (χ1) is 12.6. The van der Waals surface area contributed by atoms with Gasteiger partial charge in [0.05, 0.1) is 17.5 Å². The number of benzene rings is 1. The number of hydrazine groups is 1. The van der Waals surface area contributed by atoms with Gasteiger partial charge in [-0.1, -0.05) is 18.2 Å². The molecule has 26 heavy (non-hydrogen) atoms. The topological polar surface area (TPSA) is 89.2 Å². The number of hydrogen-bond acceptors (Lipinski definition) is 4. The Kier molecular flexibility index (Phi) is 4.04. The average Bonchev–Trinajstić information content (AvgIpc) is 3.36. The Morgan fingerprint density at radius 1 is 1.08 bits per heavy atom. The maximum Gasteiger partial charge on any atom is 0.290 e. The number of aryl methyl sites for hydroxylation is 1. The fourth-order valence-corrected chi connectivity index (χ4v) is 3.26. The highest BCUT2D eigenvalue weighted by atomic mass is 16.3. The molecule has 2 heterocycles. The molecule has 1 aliphatic carbocycles. The number of fused-ring (bicyclic) bond motifs is 1. The number of hydrogen-bond donors (Lipinski definition) is 2. The first kappa shape index (κ1) is 16.1. The Balaban J connectivity index is 1.55. The van der Waals surface area contributed by atoms with E-state index in [2.05, 4.69) is 16.0 Å². The minimum atomic E-state index is -0.427. The van der Waals surface area contributed by atoms with Crippen LogP contribution in [0.3, 0.4) is 0 Å². The van der Waals surface area contributed by atoms with Crippen LogP contribution in [0, 0.1) is 6.92 Å². The van der Waals surface area contributed by atoms with E-state index in [4.69, 9.17) is 4.42 Å². The molecule has 7 heteroatoms. The van der Waals surface area contributed by atoms with Crippen LogP contribution >= 0.6 is 0 Å². The molecule has 2 amide bonds. The Morgan fingerprint density at radius 2 is 1.85 bits per heavy atom. The van der Waals surface area contributed by atoms with E-state index in [1.54, 1.807) is 13.0 Å². The van der Waals surface area contributed by atoms with E-state index in [1.165, 1.54) is 6.26 Å². The van der Waals surface area contributed by atoms with Crippen LogP contribution in [0.1, 0.15) is 44.3 Å². The van der Waals surface area contributed by atoms with Crippen molar-refractivity contribution >= 4 is 11.8 Å². The maximum absolute atomic E-state index is 12.6. The number of para-hydroxylation sites is 1. The molecule has 4 rings (SSSR count). The number of rotatable bonds is 3. The number of nitrogens with one attached hydrogen (secondary N) is 2. The minimum absolute atomic E-state index is 0.352. The van der Waals surface area contributed by atoms with Crippen LogP contribution in [0.5, 0.6) is 0 Å². The van der Waals surface area contributed by atoms with Crippen molar-refractivity contribution in [2.24, 2.45) is 0 Å². The summed E-state index contributed by atoms with van der Waals surface area (Å²) in [6, 6.07) is 11.3. The van der Waals surface area contributed by atoms with Crippen molar-refractivity contribution in [3.8, 4) is 5.69 Å². The summed E-state index contributed by atoms with van der Waals surface area (Å²) in [5.41, 5.74) is 8.52. The van der Waals surface area contributed by atoms with Crippen LogP contribution in [0.4, 0.5) is 0 Å². The lowest BCUT2D eigenvalue weighted by Crippen LogP contribution is -2.42. The molecule has 2 N–H and O–H groups in total. The van der Waals surface area contributed by atoms with Gasteiger partial charge < -0.3 is 4.42 Å². The van der Waals surface area contributed by atoms with Crippen molar-refractivity contribution in [2.45, 2.75) is 26.2 Å². The highest BCUT2D eigenvalue weighted by Crippen LogP contribution is 2.27. The highest BCUT2D eigenvalue weighted by molar-refractivity contribution is 5.99. The van der Waals surface area contributed by atoms with E-state index in [-0.39, 0.29) is 0 Å². The summed E-state index contributed by atoms with van der Waals surface area (Å²) in [4.78, 5) is 24.7. The third-order valence-electron chi connectivity index (χ3n) is 4.54. The molecule has 2 aromatic heterocycles. The van der Waals surface area contributed by atoms with E-state index < -0.39 is 11.8 Å². The molecule has 1 aliphatic rings. The van der Waals surface area contributed by atoms with E-state index in [1.807, 2.05) is 35.0 Å². The molecule has 7 nitrogen and oxygen atoms in total. The molecule has 0 saturated heterocycles. The van der Waals surface area contributed by atoms with Crippen LogP contribution in [0.25, 0.3) is 5.69 Å². The second kappa shape index (κ2) is 6.51. The lowest BCUT2D eigenvalue weighted by Gasteiger charge is -2.06. The molecule has 0 atom stereocenters. The van der Waals surface area contributed by atoms with Gasteiger partial charge in [0, 0.05) is 11.3 Å². The van der Waals surface area contributed by atoms with Gasteiger partial charge in [-0.15, -0.1) is 0 Å². The van der Waals surface area contributed by atoms with Crippen LogP contribution < -0.4 is 10.9 Å². The van der Waals surface area contributed by atoms with Crippen LogP contribution in [0.15, 0.2) is 47.1 Å². The van der Waals surface area contributed by atoms with Gasteiger partial charge in [-0.3, -0.25) is 20.4 Å². The van der Waals surface area contributed by atoms with Crippen LogP contribution in [-0.4, -0.2) is 21.6 Å². The van der Waals surface area contributed by atoms with E-state index in [9.17, 15) is 9.59 Å². The van der Waals surface area contributed by atoms with Crippen molar-refractivity contribution in [3.05, 3.63) is 70.9 Å². The molecule has 0 bridgehead atoms. The van der Waals surface area contributed by atoms with Crippen molar-refractivity contribution in [1.29, 1.82) is 0 Å². The van der Waals surface area contributed by atoms with Gasteiger partial charge in [0.15, 0.2) is 5.69 Å². The molecule has 0 radical (unpaired) electrons. The largest absolute Gasteiger partial charge is 0.469 e. The first-order valence-electron chi connectivity index (χ1n) is 8.46.